The van der Waals surface area contributed by atoms with Gasteiger partial charge in [0, 0.05) is 23.5 Å². The van der Waals surface area contributed by atoms with Crippen molar-refractivity contribution in [2.45, 2.75) is 4.05 Å². The molecule has 2 N–H and O–H groups in total. The summed E-state index contributed by atoms with van der Waals surface area (Å²) in [6, 6.07) is 19.1. The van der Waals surface area contributed by atoms with Gasteiger partial charge < -0.3 is 0 Å². The monoisotopic (exact) mass is 538 g/mol. The number of benzene rings is 2. The first kappa shape index (κ1) is 20.3. The lowest BCUT2D eigenvalue weighted by atomic mass is 10.1. The summed E-state index contributed by atoms with van der Waals surface area (Å²) in [4.78, 5) is 21.8. The van der Waals surface area contributed by atoms with E-state index in [0.29, 0.717) is 22.8 Å². The number of carbonyl (C=O) groups excluding carboxylic acids is 1. The summed E-state index contributed by atoms with van der Waals surface area (Å²) in [6.07, 6.45) is 3.12. The van der Waals surface area contributed by atoms with Gasteiger partial charge in [-0.3, -0.25) is 20.3 Å². The minimum Gasteiger partial charge on any atom is -0.277 e. The van der Waals surface area contributed by atoms with Gasteiger partial charge in [0.05, 0.1) is 11.3 Å². The lowest BCUT2D eigenvalue weighted by molar-refractivity contribution is 0.0864. The summed E-state index contributed by atoms with van der Waals surface area (Å²) < 4.78 is 13.1. The quantitative estimate of drug-likeness (QED) is 0.223. The van der Waals surface area contributed by atoms with Crippen molar-refractivity contribution in [1.29, 1.82) is 0 Å². The van der Waals surface area contributed by atoms with Gasteiger partial charge in [0.15, 0.2) is 5.84 Å². The zero-order chi connectivity index (χ0) is 22.1. The molecule has 1 unspecified atom stereocenters. The maximum absolute atomic E-state index is 13.4. The Hall–Kier alpha value is -3.60. The maximum Gasteiger partial charge on any atom is 0.271 e. The molecule has 2 aromatic heterocycles. The Morgan fingerprint density at radius 3 is 2.53 bits per heavy atom. The third-order valence-electron chi connectivity index (χ3n) is 4.97. The third kappa shape index (κ3) is 3.75. The molecule has 1 aliphatic heterocycles. The molecule has 9 heteroatoms. The van der Waals surface area contributed by atoms with Crippen LogP contribution in [0.4, 0.5) is 10.1 Å². The van der Waals surface area contributed by atoms with Crippen LogP contribution in [0.15, 0.2) is 84.1 Å². The molecule has 2 aromatic carbocycles. The van der Waals surface area contributed by atoms with Crippen LogP contribution in [0.2, 0.25) is 0 Å². The van der Waals surface area contributed by atoms with E-state index in [1.54, 1.807) is 35.5 Å². The van der Waals surface area contributed by atoms with E-state index in [-0.39, 0.29) is 15.8 Å². The Bertz CT molecular complexity index is 1290. The first-order valence-electron chi connectivity index (χ1n) is 9.74. The zero-order valence-electron chi connectivity index (χ0n) is 16.5. The number of amidine groups is 1. The standard InChI is InChI=1S/C23H16FIN6O/c24-17-10-8-14(9-11-17)18-19-20(29-28-18)21(25)31(22(27-19)15-5-2-1-3-6-15)30-23(32)16-7-4-12-26-13-16/h1-13,21H,(H,28,29)(H,30,32). The number of H-pyrrole nitrogens is 1. The smallest absolute Gasteiger partial charge is 0.271 e. The summed E-state index contributed by atoms with van der Waals surface area (Å²) in [5.41, 5.74) is 6.97. The number of halogens is 2. The van der Waals surface area contributed by atoms with E-state index in [1.807, 2.05) is 30.3 Å². The number of aliphatic imine (C=N–C) groups is 1. The number of alkyl halides is 1. The van der Waals surface area contributed by atoms with Crippen molar-refractivity contribution in [1.82, 2.24) is 25.6 Å². The van der Waals surface area contributed by atoms with Crippen molar-refractivity contribution in [2.24, 2.45) is 4.99 Å². The van der Waals surface area contributed by atoms with Gasteiger partial charge in [-0.2, -0.15) is 5.10 Å². The number of nitrogens with one attached hydrogen (secondary N) is 2. The predicted octanol–water partition coefficient (Wildman–Crippen LogP) is 4.78. The average molecular weight is 538 g/mol. The largest absolute Gasteiger partial charge is 0.277 e. The molecule has 5 rings (SSSR count). The molecule has 158 valence electrons. The molecule has 1 amide bonds. The molecule has 1 aliphatic rings. The topological polar surface area (TPSA) is 86.3 Å². The maximum atomic E-state index is 13.4. The van der Waals surface area contributed by atoms with Gasteiger partial charge in [-0.25, -0.2) is 14.4 Å². The molecule has 0 radical (unpaired) electrons. The van der Waals surface area contributed by atoms with Crippen molar-refractivity contribution in [2.75, 3.05) is 0 Å². The molecule has 1 atom stereocenters. The van der Waals surface area contributed by atoms with Gasteiger partial charge in [-0.1, -0.05) is 30.3 Å². The molecule has 0 saturated heterocycles. The molecule has 0 bridgehead atoms. The number of fused-ring (bicyclic) bond motifs is 1. The highest BCUT2D eigenvalue weighted by molar-refractivity contribution is 14.1. The Morgan fingerprint density at radius 2 is 1.81 bits per heavy atom. The molecule has 0 spiro atoms. The van der Waals surface area contributed by atoms with Gasteiger partial charge in [0.2, 0.25) is 0 Å². The van der Waals surface area contributed by atoms with Crippen molar-refractivity contribution < 1.29 is 9.18 Å². The van der Waals surface area contributed by atoms with E-state index in [9.17, 15) is 9.18 Å². The van der Waals surface area contributed by atoms with Crippen LogP contribution in [-0.4, -0.2) is 31.9 Å². The number of aromatic amines is 1. The molecule has 3 heterocycles. The summed E-state index contributed by atoms with van der Waals surface area (Å²) in [7, 11) is 0. The minimum atomic E-state index is -0.322. The molecule has 0 saturated carbocycles. The molecule has 0 aliphatic carbocycles. The van der Waals surface area contributed by atoms with Crippen LogP contribution in [0, 0.1) is 5.82 Å². The Balaban J connectivity index is 1.59. The molecular formula is C23H16FIN6O. The van der Waals surface area contributed by atoms with E-state index < -0.39 is 0 Å². The second-order valence-electron chi connectivity index (χ2n) is 7.03. The number of aromatic nitrogens is 3. The highest BCUT2D eigenvalue weighted by Gasteiger charge is 2.34. The number of carbonyl (C=O) groups is 1. The van der Waals surface area contributed by atoms with Crippen LogP contribution in [0.1, 0.15) is 25.7 Å². The molecule has 32 heavy (non-hydrogen) atoms. The number of hydrazine groups is 1. The van der Waals surface area contributed by atoms with Crippen LogP contribution in [-0.2, 0) is 0 Å². The van der Waals surface area contributed by atoms with Crippen molar-refractivity contribution in [3.05, 3.63) is 102 Å². The fourth-order valence-corrected chi connectivity index (χ4v) is 4.24. The van der Waals surface area contributed by atoms with E-state index in [0.717, 1.165) is 16.8 Å². The SMILES string of the molecule is O=C(NN1C(c2ccccc2)=Nc2c(-c3ccc(F)cc3)n[nH]c2C1I)c1cccnc1. The fraction of sp³-hybridized carbons (Fsp3) is 0.0435. The highest BCUT2D eigenvalue weighted by atomic mass is 127. The van der Waals surface area contributed by atoms with Crippen molar-refractivity contribution in [3.8, 4) is 11.3 Å². The van der Waals surface area contributed by atoms with Gasteiger partial charge in [0.1, 0.15) is 21.2 Å². The number of pyridine rings is 1. The van der Waals surface area contributed by atoms with Gasteiger partial charge >= 0.3 is 0 Å². The van der Waals surface area contributed by atoms with E-state index in [4.69, 9.17) is 4.99 Å². The highest BCUT2D eigenvalue weighted by Crippen LogP contribution is 2.43. The number of nitrogens with zero attached hydrogens (tertiary/aromatic N) is 4. The van der Waals surface area contributed by atoms with E-state index >= 15 is 0 Å². The number of hydrogen-bond donors (Lipinski definition) is 2. The van der Waals surface area contributed by atoms with Gasteiger partial charge in [-0.15, -0.1) is 0 Å². The molecular weight excluding hydrogens is 522 g/mol. The Morgan fingerprint density at radius 1 is 1.03 bits per heavy atom. The number of rotatable bonds is 4. The zero-order valence-corrected chi connectivity index (χ0v) is 18.7. The fourth-order valence-electron chi connectivity index (χ4n) is 3.41. The van der Waals surface area contributed by atoms with Gasteiger partial charge in [-0.05, 0) is 59.0 Å². The molecule has 7 nitrogen and oxygen atoms in total. The average Bonchev–Trinajstić information content (AvgIpc) is 3.26. The summed E-state index contributed by atoms with van der Waals surface area (Å²) in [5, 5.41) is 9.19. The normalized spacial score (nSPS) is 15.1. The van der Waals surface area contributed by atoms with Crippen LogP contribution in [0.3, 0.4) is 0 Å². The molecule has 0 fully saturated rings. The lowest BCUT2D eigenvalue weighted by Gasteiger charge is -2.33. The lowest BCUT2D eigenvalue weighted by Crippen LogP contribution is -2.48. The second-order valence-corrected chi connectivity index (χ2v) is 8.21. The van der Waals surface area contributed by atoms with Crippen LogP contribution in [0.5, 0.6) is 0 Å². The van der Waals surface area contributed by atoms with Crippen LogP contribution >= 0.6 is 22.6 Å². The second kappa shape index (κ2) is 8.50. The minimum absolute atomic E-state index is 0.301. The number of hydrogen-bond acceptors (Lipinski definition) is 5. The first-order chi connectivity index (χ1) is 15.6. The first-order valence-corrected chi connectivity index (χ1v) is 11.0. The van der Waals surface area contributed by atoms with Gasteiger partial charge in [0.25, 0.3) is 5.91 Å². The van der Waals surface area contributed by atoms with Crippen molar-refractivity contribution in [3.63, 3.8) is 0 Å². The van der Waals surface area contributed by atoms with E-state index in [2.05, 4.69) is 43.2 Å². The number of amides is 1. The van der Waals surface area contributed by atoms with E-state index in [1.165, 1.54) is 18.3 Å². The third-order valence-corrected chi connectivity index (χ3v) is 6.15. The van der Waals surface area contributed by atoms with Crippen LogP contribution in [0.25, 0.3) is 11.3 Å². The van der Waals surface area contributed by atoms with Crippen molar-refractivity contribution >= 4 is 40.0 Å². The Labute approximate surface area is 196 Å². The Kier molecular flexibility index (Phi) is 5.39. The summed E-state index contributed by atoms with van der Waals surface area (Å²) >= 11 is 2.23. The summed E-state index contributed by atoms with van der Waals surface area (Å²) in [6.45, 7) is 0. The van der Waals surface area contributed by atoms with Crippen LogP contribution < -0.4 is 5.43 Å². The predicted molar refractivity (Wildman–Crippen MR) is 127 cm³/mol. The molecule has 4 aromatic rings. The summed E-state index contributed by atoms with van der Waals surface area (Å²) in [5.74, 6) is -0.0488.